The molecule has 2 aromatic rings. The van der Waals surface area contributed by atoms with Gasteiger partial charge < -0.3 is 25.2 Å². The highest BCUT2D eigenvalue weighted by molar-refractivity contribution is 6.01. The second-order valence-corrected chi connectivity index (χ2v) is 11.7. The summed E-state index contributed by atoms with van der Waals surface area (Å²) in [5.41, 5.74) is 1.22. The molecule has 2 N–H and O–H groups in total. The van der Waals surface area contributed by atoms with Crippen LogP contribution in [0.1, 0.15) is 56.3 Å². The number of carbonyl (C=O) groups is 2. The van der Waals surface area contributed by atoms with E-state index < -0.39 is 11.6 Å². The standard InChI is InChI=1S/C29H40FN7O3/c1-29(2)18-37(21-7-5-6-8-21)25-23(35(3)27(29)39)16-32-28(34-25)33-22-10-9-19(15-24(22)40-4)26(38)31-12-14-36-13-11-20(30)17-36/h9-10,15-16,20-21H,5-8,11-14,17-18H2,1-4H3,(H,31,38)(H,32,33,34)/t20-/m0/s1. The summed E-state index contributed by atoms with van der Waals surface area (Å²) in [7, 11) is 3.33. The van der Waals surface area contributed by atoms with Gasteiger partial charge in [0.05, 0.1) is 24.4 Å². The van der Waals surface area contributed by atoms with Gasteiger partial charge in [0.1, 0.15) is 17.6 Å². The van der Waals surface area contributed by atoms with Gasteiger partial charge in [-0.25, -0.2) is 9.37 Å². The van der Waals surface area contributed by atoms with Gasteiger partial charge in [0.2, 0.25) is 11.9 Å². The number of ether oxygens (including phenoxy) is 1. The number of halogens is 1. The fourth-order valence-corrected chi connectivity index (χ4v) is 6.00. The first-order valence-corrected chi connectivity index (χ1v) is 14.2. The number of benzene rings is 1. The van der Waals surface area contributed by atoms with Crippen LogP contribution in [0.25, 0.3) is 0 Å². The zero-order valence-electron chi connectivity index (χ0n) is 23.9. The Morgan fingerprint density at radius 2 is 2.00 bits per heavy atom. The third-order valence-corrected chi connectivity index (χ3v) is 8.24. The highest BCUT2D eigenvalue weighted by atomic mass is 19.1. The number of anilines is 4. The zero-order chi connectivity index (χ0) is 28.4. The Morgan fingerprint density at radius 1 is 1.23 bits per heavy atom. The lowest BCUT2D eigenvalue weighted by Gasteiger charge is -2.34. The lowest BCUT2D eigenvalue weighted by molar-refractivity contribution is -0.125. The van der Waals surface area contributed by atoms with Crippen molar-refractivity contribution in [2.45, 2.75) is 58.2 Å². The number of aromatic nitrogens is 2. The molecule has 11 heteroatoms. The van der Waals surface area contributed by atoms with Crippen molar-refractivity contribution in [3.63, 3.8) is 0 Å². The van der Waals surface area contributed by atoms with Gasteiger partial charge in [0, 0.05) is 51.4 Å². The van der Waals surface area contributed by atoms with E-state index in [1.54, 1.807) is 43.5 Å². The van der Waals surface area contributed by atoms with Crippen molar-refractivity contribution in [2.75, 3.05) is 62.0 Å². The summed E-state index contributed by atoms with van der Waals surface area (Å²) in [5.74, 6) is 1.44. The Morgan fingerprint density at radius 3 is 2.70 bits per heavy atom. The number of nitrogens with one attached hydrogen (secondary N) is 2. The van der Waals surface area contributed by atoms with Crippen LogP contribution in [0.3, 0.4) is 0 Å². The maximum atomic E-state index is 13.4. The summed E-state index contributed by atoms with van der Waals surface area (Å²) >= 11 is 0. The van der Waals surface area contributed by atoms with Crippen molar-refractivity contribution < 1.29 is 18.7 Å². The first-order chi connectivity index (χ1) is 19.2. The molecule has 0 unspecified atom stereocenters. The molecule has 1 aromatic heterocycles. The van der Waals surface area contributed by atoms with E-state index in [-0.39, 0.29) is 11.8 Å². The predicted octanol–water partition coefficient (Wildman–Crippen LogP) is 3.75. The smallest absolute Gasteiger partial charge is 0.251 e. The third-order valence-electron chi connectivity index (χ3n) is 8.24. The van der Waals surface area contributed by atoms with E-state index in [0.717, 1.165) is 25.2 Å². The maximum Gasteiger partial charge on any atom is 0.251 e. The van der Waals surface area contributed by atoms with E-state index >= 15 is 0 Å². The van der Waals surface area contributed by atoms with Gasteiger partial charge in [0.25, 0.3) is 5.91 Å². The fraction of sp³-hybridized carbons (Fsp3) is 0.586. The molecule has 40 heavy (non-hydrogen) atoms. The van der Waals surface area contributed by atoms with Crippen LogP contribution >= 0.6 is 0 Å². The van der Waals surface area contributed by atoms with Gasteiger partial charge in [-0.2, -0.15) is 4.98 Å². The van der Waals surface area contributed by atoms with Crippen molar-refractivity contribution >= 4 is 35.0 Å². The molecule has 1 saturated carbocycles. The molecule has 0 spiro atoms. The second-order valence-electron chi connectivity index (χ2n) is 11.7. The van der Waals surface area contributed by atoms with Crippen molar-refractivity contribution in [1.82, 2.24) is 20.2 Å². The maximum absolute atomic E-state index is 13.4. The van der Waals surface area contributed by atoms with E-state index in [9.17, 15) is 14.0 Å². The van der Waals surface area contributed by atoms with Crippen molar-refractivity contribution in [3.05, 3.63) is 30.0 Å². The Bertz CT molecular complexity index is 1250. The summed E-state index contributed by atoms with van der Waals surface area (Å²) in [6.45, 7) is 6.78. The number of carbonyl (C=O) groups excluding carboxylic acids is 2. The molecule has 216 valence electrons. The molecule has 2 fully saturated rings. The van der Waals surface area contributed by atoms with E-state index in [2.05, 4.69) is 20.5 Å². The van der Waals surface area contributed by atoms with Crippen LogP contribution < -0.4 is 25.2 Å². The van der Waals surface area contributed by atoms with Crippen molar-refractivity contribution in [2.24, 2.45) is 5.41 Å². The Hall–Kier alpha value is -3.47. The average molecular weight is 554 g/mol. The molecule has 3 heterocycles. The molecule has 0 radical (unpaired) electrons. The number of fused-ring (bicyclic) bond motifs is 1. The highest BCUT2D eigenvalue weighted by Gasteiger charge is 2.41. The third kappa shape index (κ3) is 5.84. The molecular weight excluding hydrogens is 513 g/mol. The summed E-state index contributed by atoms with van der Waals surface area (Å²) in [4.78, 5) is 41.4. The fourth-order valence-electron chi connectivity index (χ4n) is 6.00. The molecule has 2 aliphatic heterocycles. The average Bonchev–Trinajstić information content (AvgIpc) is 3.61. The minimum Gasteiger partial charge on any atom is -0.495 e. The number of methoxy groups -OCH3 is 1. The van der Waals surface area contributed by atoms with Gasteiger partial charge >= 0.3 is 0 Å². The van der Waals surface area contributed by atoms with Crippen molar-refractivity contribution in [1.29, 1.82) is 0 Å². The Kier molecular flexibility index (Phi) is 8.11. The number of rotatable bonds is 8. The SMILES string of the molecule is COc1cc(C(=O)NCCN2CC[C@H](F)C2)ccc1Nc1ncc2c(n1)N(C1CCCC1)CC(C)(C)C(=O)N2C. The van der Waals surface area contributed by atoms with Crippen LogP contribution in [0, 0.1) is 5.41 Å². The summed E-state index contributed by atoms with van der Waals surface area (Å²) in [6, 6.07) is 5.49. The first kappa shape index (κ1) is 28.1. The number of likely N-dealkylation sites (tertiary alicyclic amines) is 1. The molecule has 2 amide bonds. The number of nitrogens with zero attached hydrogens (tertiary/aromatic N) is 5. The molecule has 3 aliphatic rings. The molecule has 1 atom stereocenters. The minimum atomic E-state index is -0.774. The Labute approximate surface area is 235 Å². The van der Waals surface area contributed by atoms with Crippen molar-refractivity contribution in [3.8, 4) is 5.75 Å². The first-order valence-electron chi connectivity index (χ1n) is 14.2. The molecule has 10 nitrogen and oxygen atoms in total. The van der Waals surface area contributed by atoms with Crippen LogP contribution in [0.5, 0.6) is 5.75 Å². The van der Waals surface area contributed by atoms with Gasteiger partial charge in [-0.3, -0.25) is 14.5 Å². The molecule has 1 aliphatic carbocycles. The number of amides is 2. The largest absolute Gasteiger partial charge is 0.495 e. The van der Waals surface area contributed by atoms with Crippen LogP contribution in [0.2, 0.25) is 0 Å². The number of alkyl halides is 1. The van der Waals surface area contributed by atoms with Crippen LogP contribution in [-0.2, 0) is 4.79 Å². The number of hydrogen-bond donors (Lipinski definition) is 2. The van der Waals surface area contributed by atoms with Gasteiger partial charge in [-0.05, 0) is 51.3 Å². The van der Waals surface area contributed by atoms with Gasteiger partial charge in [-0.15, -0.1) is 0 Å². The summed E-state index contributed by atoms with van der Waals surface area (Å²) in [6.07, 6.45) is 5.97. The number of hydrogen-bond acceptors (Lipinski definition) is 8. The van der Waals surface area contributed by atoms with Crippen LogP contribution in [0.15, 0.2) is 24.4 Å². The van der Waals surface area contributed by atoms with E-state index in [1.807, 2.05) is 18.7 Å². The highest BCUT2D eigenvalue weighted by Crippen LogP contribution is 2.40. The quantitative estimate of drug-likeness (QED) is 0.510. The van der Waals surface area contributed by atoms with Gasteiger partial charge in [-0.1, -0.05) is 12.8 Å². The summed E-state index contributed by atoms with van der Waals surface area (Å²) in [5, 5.41) is 6.16. The minimum absolute atomic E-state index is 0.0427. The molecule has 5 rings (SSSR count). The van der Waals surface area contributed by atoms with E-state index in [4.69, 9.17) is 9.72 Å². The molecule has 1 aromatic carbocycles. The summed E-state index contributed by atoms with van der Waals surface area (Å²) < 4.78 is 19.0. The van der Waals surface area contributed by atoms with E-state index in [1.165, 1.54) is 12.8 Å². The monoisotopic (exact) mass is 553 g/mol. The Balaban J connectivity index is 1.33. The predicted molar refractivity (Wildman–Crippen MR) is 153 cm³/mol. The lowest BCUT2D eigenvalue weighted by Crippen LogP contribution is -2.45. The zero-order valence-corrected chi connectivity index (χ0v) is 23.9. The van der Waals surface area contributed by atoms with Crippen LogP contribution in [-0.4, -0.2) is 85.8 Å². The molecule has 0 bridgehead atoms. The second kappa shape index (κ2) is 11.6. The lowest BCUT2D eigenvalue weighted by atomic mass is 9.91. The molecular formula is C29H40FN7O3. The van der Waals surface area contributed by atoms with Gasteiger partial charge in [0.15, 0.2) is 5.82 Å². The molecule has 1 saturated heterocycles. The normalized spacial score (nSPS) is 21.3. The topological polar surface area (TPSA) is 103 Å². The van der Waals surface area contributed by atoms with Crippen LogP contribution in [0.4, 0.5) is 27.5 Å². The van der Waals surface area contributed by atoms with E-state index in [0.29, 0.717) is 67.3 Å².